The number of carbonyl (C=O) groups is 1. The maximum absolute atomic E-state index is 13.1. The molecule has 0 aliphatic heterocycles. The number of fused-ring (bicyclic) bond motifs is 1. The number of aryl methyl sites for hydroxylation is 2. The summed E-state index contributed by atoms with van der Waals surface area (Å²) in [5.41, 5.74) is 2.66. The summed E-state index contributed by atoms with van der Waals surface area (Å²) in [5.74, 6) is 0.281. The quantitative estimate of drug-likeness (QED) is 0.494. The number of carbonyl (C=O) groups excluding carboxylic acids is 1. The highest BCUT2D eigenvalue weighted by atomic mass is 35.5. The van der Waals surface area contributed by atoms with E-state index in [4.69, 9.17) is 16.1 Å². The molecule has 0 saturated carbocycles. The minimum absolute atomic E-state index is 0.234. The number of amides is 1. The molecule has 0 atom stereocenters. The molecule has 0 bridgehead atoms. The van der Waals surface area contributed by atoms with Gasteiger partial charge in [-0.3, -0.25) is 14.7 Å². The van der Waals surface area contributed by atoms with Crippen LogP contribution in [-0.2, 0) is 6.54 Å². The fourth-order valence-corrected chi connectivity index (χ4v) is 3.86. The van der Waals surface area contributed by atoms with Crippen LogP contribution in [-0.4, -0.2) is 21.0 Å². The first-order valence-corrected chi connectivity index (χ1v) is 9.43. The monoisotopic (exact) mass is 398 g/mol. The Hall–Kier alpha value is -2.77. The van der Waals surface area contributed by atoms with Gasteiger partial charge in [0.15, 0.2) is 10.8 Å². The van der Waals surface area contributed by atoms with E-state index < -0.39 is 0 Å². The van der Waals surface area contributed by atoms with Crippen molar-refractivity contribution in [2.24, 2.45) is 0 Å². The molecule has 4 aromatic rings. The Kier molecular flexibility index (Phi) is 4.63. The molecule has 8 heteroatoms. The van der Waals surface area contributed by atoms with E-state index >= 15 is 0 Å². The number of thiazole rings is 1. The molecule has 27 heavy (non-hydrogen) atoms. The van der Waals surface area contributed by atoms with E-state index in [0.29, 0.717) is 15.9 Å². The molecule has 0 spiro atoms. The Morgan fingerprint density at radius 3 is 2.81 bits per heavy atom. The second-order valence-electron chi connectivity index (χ2n) is 6.05. The van der Waals surface area contributed by atoms with Crippen molar-refractivity contribution in [3.8, 4) is 0 Å². The molecule has 0 aliphatic carbocycles. The third-order valence-corrected chi connectivity index (χ3v) is 5.56. The van der Waals surface area contributed by atoms with Crippen LogP contribution < -0.4 is 4.90 Å². The molecule has 0 saturated heterocycles. The van der Waals surface area contributed by atoms with Crippen LogP contribution in [0.1, 0.15) is 27.5 Å². The molecule has 6 nitrogen and oxygen atoms in total. The number of nitrogens with zero attached hydrogens (tertiary/aromatic N) is 4. The highest BCUT2D eigenvalue weighted by Crippen LogP contribution is 2.34. The summed E-state index contributed by atoms with van der Waals surface area (Å²) in [7, 11) is 0. The van der Waals surface area contributed by atoms with Crippen molar-refractivity contribution in [2.45, 2.75) is 20.4 Å². The zero-order chi connectivity index (χ0) is 19.0. The lowest BCUT2D eigenvalue weighted by Crippen LogP contribution is -2.31. The molecule has 136 valence electrons. The van der Waals surface area contributed by atoms with Crippen LogP contribution in [0, 0.1) is 13.8 Å². The van der Waals surface area contributed by atoms with Crippen LogP contribution in [0.3, 0.4) is 0 Å². The Bertz CT molecular complexity index is 1120. The number of pyridine rings is 1. The molecule has 4 rings (SSSR count). The molecule has 3 aromatic heterocycles. The summed E-state index contributed by atoms with van der Waals surface area (Å²) in [4.78, 5) is 23.7. The maximum atomic E-state index is 13.1. The highest BCUT2D eigenvalue weighted by Gasteiger charge is 2.25. The van der Waals surface area contributed by atoms with Crippen molar-refractivity contribution in [1.29, 1.82) is 0 Å². The summed E-state index contributed by atoms with van der Waals surface area (Å²) in [6.45, 7) is 3.94. The van der Waals surface area contributed by atoms with Crippen molar-refractivity contribution in [3.63, 3.8) is 0 Å². The minimum Gasteiger partial charge on any atom is -0.361 e. The van der Waals surface area contributed by atoms with Crippen molar-refractivity contribution < 1.29 is 9.32 Å². The predicted molar refractivity (Wildman–Crippen MR) is 105 cm³/mol. The summed E-state index contributed by atoms with van der Waals surface area (Å²) >= 11 is 7.65. The second kappa shape index (κ2) is 7.09. The smallest absolute Gasteiger partial charge is 0.282 e. The third kappa shape index (κ3) is 3.43. The second-order valence-corrected chi connectivity index (χ2v) is 7.47. The van der Waals surface area contributed by atoms with Gasteiger partial charge in [0.2, 0.25) is 0 Å². The van der Waals surface area contributed by atoms with Gasteiger partial charge in [-0.1, -0.05) is 34.2 Å². The molecule has 0 aliphatic rings. The number of anilines is 1. The highest BCUT2D eigenvalue weighted by molar-refractivity contribution is 7.22. The van der Waals surface area contributed by atoms with E-state index in [0.717, 1.165) is 21.5 Å². The maximum Gasteiger partial charge on any atom is 0.282 e. The zero-order valence-electron chi connectivity index (χ0n) is 14.6. The summed E-state index contributed by atoms with van der Waals surface area (Å²) in [6.07, 6.45) is 1.69. The van der Waals surface area contributed by atoms with Gasteiger partial charge in [-0.05, 0) is 43.7 Å². The van der Waals surface area contributed by atoms with Gasteiger partial charge in [0.1, 0.15) is 5.76 Å². The van der Waals surface area contributed by atoms with Crippen molar-refractivity contribution in [2.75, 3.05) is 4.90 Å². The molecule has 1 aromatic carbocycles. The van der Waals surface area contributed by atoms with E-state index in [-0.39, 0.29) is 18.1 Å². The Balaban J connectivity index is 1.79. The number of hydrogen-bond donors (Lipinski definition) is 0. The van der Waals surface area contributed by atoms with Crippen LogP contribution in [0.5, 0.6) is 0 Å². The summed E-state index contributed by atoms with van der Waals surface area (Å²) in [6, 6.07) is 10.9. The number of benzene rings is 1. The van der Waals surface area contributed by atoms with Crippen LogP contribution in [0.2, 0.25) is 5.02 Å². The third-order valence-electron chi connectivity index (χ3n) is 4.11. The van der Waals surface area contributed by atoms with Gasteiger partial charge < -0.3 is 4.52 Å². The van der Waals surface area contributed by atoms with Gasteiger partial charge in [0, 0.05) is 17.3 Å². The molecule has 1 amide bonds. The van der Waals surface area contributed by atoms with Gasteiger partial charge in [0.05, 0.1) is 22.5 Å². The van der Waals surface area contributed by atoms with Crippen LogP contribution >= 0.6 is 22.9 Å². The van der Waals surface area contributed by atoms with Gasteiger partial charge in [-0.15, -0.1) is 0 Å². The molecule has 0 unspecified atom stereocenters. The van der Waals surface area contributed by atoms with Gasteiger partial charge in [-0.25, -0.2) is 4.98 Å². The number of aromatic nitrogens is 3. The molecule has 3 heterocycles. The van der Waals surface area contributed by atoms with E-state index in [9.17, 15) is 4.79 Å². The van der Waals surface area contributed by atoms with E-state index in [1.54, 1.807) is 24.1 Å². The van der Waals surface area contributed by atoms with Crippen LogP contribution in [0.25, 0.3) is 10.2 Å². The van der Waals surface area contributed by atoms with Crippen LogP contribution in [0.4, 0.5) is 5.13 Å². The van der Waals surface area contributed by atoms with Crippen LogP contribution in [0.15, 0.2) is 47.1 Å². The lowest BCUT2D eigenvalue weighted by molar-refractivity contribution is 0.0976. The van der Waals surface area contributed by atoms with Crippen molar-refractivity contribution in [1.82, 2.24) is 15.1 Å². The largest absolute Gasteiger partial charge is 0.361 e. The first-order valence-electron chi connectivity index (χ1n) is 8.23. The molecule has 0 N–H and O–H groups in total. The molecule has 0 fully saturated rings. The lowest BCUT2D eigenvalue weighted by atomic mass is 10.2. The Morgan fingerprint density at radius 1 is 1.26 bits per heavy atom. The topological polar surface area (TPSA) is 72.1 Å². The zero-order valence-corrected chi connectivity index (χ0v) is 16.2. The average Bonchev–Trinajstić information content (AvgIpc) is 3.30. The lowest BCUT2D eigenvalue weighted by Gasteiger charge is -2.18. The standard InChI is InChI=1S/C19H15ClN4O2S/c1-11-9-15(23-26-11)18(25)24(10-13-5-3-4-8-21-13)19-22-17-12(2)14(20)6-7-16(17)27-19/h3-9H,10H2,1-2H3. The minimum atomic E-state index is -0.291. The van der Waals surface area contributed by atoms with E-state index in [1.165, 1.54) is 11.3 Å². The van der Waals surface area contributed by atoms with Crippen molar-refractivity contribution in [3.05, 3.63) is 70.3 Å². The Labute approximate surface area is 164 Å². The average molecular weight is 399 g/mol. The molecular weight excluding hydrogens is 384 g/mol. The first kappa shape index (κ1) is 17.6. The number of hydrogen-bond acceptors (Lipinski definition) is 6. The predicted octanol–water partition coefficient (Wildman–Crippen LogP) is 4.80. The normalized spacial score (nSPS) is 11.1. The summed E-state index contributed by atoms with van der Waals surface area (Å²) in [5, 5.41) is 5.07. The SMILES string of the molecule is Cc1cc(C(=O)N(Cc2ccccn2)c2nc3c(C)c(Cl)ccc3s2)no1. The summed E-state index contributed by atoms with van der Waals surface area (Å²) < 4.78 is 6.03. The number of halogens is 1. The molecular formula is C19H15ClN4O2S. The van der Waals surface area contributed by atoms with Crippen molar-refractivity contribution >= 4 is 44.2 Å². The first-order chi connectivity index (χ1) is 13.0. The van der Waals surface area contributed by atoms with Gasteiger partial charge >= 0.3 is 0 Å². The fourth-order valence-electron chi connectivity index (χ4n) is 2.69. The van der Waals surface area contributed by atoms with E-state index in [1.807, 2.05) is 37.3 Å². The fraction of sp³-hybridized carbons (Fsp3) is 0.158. The Morgan fingerprint density at radius 2 is 2.11 bits per heavy atom. The van der Waals surface area contributed by atoms with Gasteiger partial charge in [-0.2, -0.15) is 0 Å². The van der Waals surface area contributed by atoms with Gasteiger partial charge in [0.25, 0.3) is 5.91 Å². The molecule has 0 radical (unpaired) electrons. The van der Waals surface area contributed by atoms with E-state index in [2.05, 4.69) is 15.1 Å². The number of rotatable bonds is 4.